The topological polar surface area (TPSA) is 26.0 Å². The van der Waals surface area contributed by atoms with Crippen LogP contribution in [0.15, 0.2) is 0 Å². The number of nitrogens with two attached hydrogens (primary N) is 1. The molecule has 3 rings (SSSR count). The standard InChI is InChI=1S/C12H21N/c1-12(2)10(11(12)13)9-6-7-3-4-8(9)5-7/h7-11H,3-6,13H2,1-2H3. The number of fused-ring (bicyclic) bond motifs is 2. The van der Waals surface area contributed by atoms with Gasteiger partial charge in [-0.25, -0.2) is 0 Å². The van der Waals surface area contributed by atoms with E-state index in [1.165, 1.54) is 25.7 Å². The lowest BCUT2D eigenvalue weighted by atomic mass is 9.83. The Balaban J connectivity index is 1.75. The van der Waals surface area contributed by atoms with Gasteiger partial charge in [0, 0.05) is 6.04 Å². The van der Waals surface area contributed by atoms with Crippen LogP contribution in [0.3, 0.4) is 0 Å². The van der Waals surface area contributed by atoms with Crippen molar-refractivity contribution < 1.29 is 0 Å². The third kappa shape index (κ3) is 0.971. The second kappa shape index (κ2) is 2.31. The molecule has 5 unspecified atom stereocenters. The Labute approximate surface area is 81.1 Å². The van der Waals surface area contributed by atoms with E-state index in [1.54, 1.807) is 0 Å². The lowest BCUT2D eigenvalue weighted by molar-refractivity contribution is 0.268. The summed E-state index contributed by atoms with van der Waals surface area (Å²) < 4.78 is 0. The quantitative estimate of drug-likeness (QED) is 0.657. The molecule has 13 heavy (non-hydrogen) atoms. The van der Waals surface area contributed by atoms with Gasteiger partial charge in [0.1, 0.15) is 0 Å². The van der Waals surface area contributed by atoms with Crippen LogP contribution in [0.1, 0.15) is 39.5 Å². The van der Waals surface area contributed by atoms with Crippen molar-refractivity contribution in [3.05, 3.63) is 0 Å². The van der Waals surface area contributed by atoms with Crippen LogP contribution in [0.4, 0.5) is 0 Å². The molecule has 5 atom stereocenters. The molecule has 0 radical (unpaired) electrons. The summed E-state index contributed by atoms with van der Waals surface area (Å²) in [5.41, 5.74) is 6.62. The van der Waals surface area contributed by atoms with Gasteiger partial charge in [0.25, 0.3) is 0 Å². The molecule has 2 N–H and O–H groups in total. The van der Waals surface area contributed by atoms with Crippen LogP contribution in [0.2, 0.25) is 0 Å². The van der Waals surface area contributed by atoms with Gasteiger partial charge >= 0.3 is 0 Å². The second-order valence-electron chi connectivity index (χ2n) is 6.21. The van der Waals surface area contributed by atoms with E-state index in [1.807, 2.05) is 0 Å². The zero-order valence-corrected chi connectivity index (χ0v) is 8.79. The van der Waals surface area contributed by atoms with Crippen LogP contribution in [0.5, 0.6) is 0 Å². The Morgan fingerprint density at radius 1 is 1.15 bits per heavy atom. The van der Waals surface area contributed by atoms with Crippen LogP contribution in [0, 0.1) is 29.1 Å². The predicted octanol–water partition coefficient (Wildman–Crippen LogP) is 2.41. The first kappa shape index (κ1) is 8.28. The van der Waals surface area contributed by atoms with Gasteiger partial charge in [-0.15, -0.1) is 0 Å². The Morgan fingerprint density at radius 3 is 2.23 bits per heavy atom. The van der Waals surface area contributed by atoms with Gasteiger partial charge in [0.15, 0.2) is 0 Å². The summed E-state index contributed by atoms with van der Waals surface area (Å²) in [6.07, 6.45) is 6.06. The Kier molecular flexibility index (Phi) is 1.47. The molecule has 3 aliphatic rings. The van der Waals surface area contributed by atoms with E-state index in [2.05, 4.69) is 13.8 Å². The molecule has 0 spiro atoms. The maximum atomic E-state index is 6.16. The van der Waals surface area contributed by atoms with Crippen molar-refractivity contribution in [3.63, 3.8) is 0 Å². The molecule has 0 amide bonds. The summed E-state index contributed by atoms with van der Waals surface area (Å²) in [7, 11) is 0. The highest BCUT2D eigenvalue weighted by molar-refractivity contribution is 5.14. The van der Waals surface area contributed by atoms with Gasteiger partial charge < -0.3 is 5.73 Å². The lowest BCUT2D eigenvalue weighted by Crippen LogP contribution is -2.17. The molecule has 0 heterocycles. The molecule has 0 aromatic rings. The fourth-order valence-corrected chi connectivity index (χ4v) is 4.27. The number of hydrogen-bond donors (Lipinski definition) is 1. The molecule has 74 valence electrons. The molecule has 1 nitrogen and oxygen atoms in total. The van der Waals surface area contributed by atoms with Crippen LogP contribution < -0.4 is 5.73 Å². The molecule has 0 aromatic carbocycles. The minimum atomic E-state index is 0.467. The van der Waals surface area contributed by atoms with Crippen molar-refractivity contribution in [2.45, 2.75) is 45.6 Å². The summed E-state index contributed by atoms with van der Waals surface area (Å²) >= 11 is 0. The first-order valence-corrected chi connectivity index (χ1v) is 5.86. The Hall–Kier alpha value is -0.0400. The molecule has 0 saturated heterocycles. The smallest absolute Gasteiger partial charge is 0.0130 e. The average Bonchev–Trinajstić information content (AvgIpc) is 2.54. The highest BCUT2D eigenvalue weighted by atomic mass is 14.9. The van der Waals surface area contributed by atoms with Gasteiger partial charge in [0.2, 0.25) is 0 Å². The van der Waals surface area contributed by atoms with Gasteiger partial charge in [-0.1, -0.05) is 20.3 Å². The van der Waals surface area contributed by atoms with E-state index < -0.39 is 0 Å². The van der Waals surface area contributed by atoms with Gasteiger partial charge in [-0.3, -0.25) is 0 Å². The largest absolute Gasteiger partial charge is 0.327 e. The van der Waals surface area contributed by atoms with Crippen LogP contribution in [-0.4, -0.2) is 6.04 Å². The molecule has 3 fully saturated rings. The van der Waals surface area contributed by atoms with Crippen LogP contribution in [-0.2, 0) is 0 Å². The van der Waals surface area contributed by atoms with Crippen LogP contribution in [0.25, 0.3) is 0 Å². The van der Waals surface area contributed by atoms with Crippen molar-refractivity contribution in [2.75, 3.05) is 0 Å². The average molecular weight is 179 g/mol. The van der Waals surface area contributed by atoms with Crippen molar-refractivity contribution in [1.29, 1.82) is 0 Å². The Bertz CT molecular complexity index is 233. The zero-order valence-electron chi connectivity index (χ0n) is 8.79. The predicted molar refractivity (Wildman–Crippen MR) is 54.2 cm³/mol. The third-order valence-electron chi connectivity index (χ3n) is 5.25. The minimum absolute atomic E-state index is 0.467. The molecule has 0 aromatic heterocycles. The van der Waals surface area contributed by atoms with E-state index in [0.717, 1.165) is 23.7 Å². The lowest BCUT2D eigenvalue weighted by Gasteiger charge is -2.22. The fraction of sp³-hybridized carbons (Fsp3) is 1.00. The maximum Gasteiger partial charge on any atom is 0.0130 e. The second-order valence-corrected chi connectivity index (χ2v) is 6.21. The summed E-state index contributed by atoms with van der Waals surface area (Å²) in [5, 5.41) is 0. The fourth-order valence-electron chi connectivity index (χ4n) is 4.27. The van der Waals surface area contributed by atoms with Crippen LogP contribution >= 0.6 is 0 Å². The minimum Gasteiger partial charge on any atom is -0.327 e. The van der Waals surface area contributed by atoms with E-state index in [-0.39, 0.29) is 0 Å². The van der Waals surface area contributed by atoms with Crippen molar-refractivity contribution in [1.82, 2.24) is 0 Å². The highest BCUT2D eigenvalue weighted by Crippen LogP contribution is 2.63. The van der Waals surface area contributed by atoms with E-state index in [9.17, 15) is 0 Å². The maximum absolute atomic E-state index is 6.16. The molecular weight excluding hydrogens is 158 g/mol. The molecule has 1 heteroatoms. The number of rotatable bonds is 1. The summed E-state index contributed by atoms with van der Waals surface area (Å²) in [6.45, 7) is 4.71. The molecule has 2 bridgehead atoms. The zero-order chi connectivity index (χ0) is 9.22. The summed E-state index contributed by atoms with van der Waals surface area (Å²) in [5.74, 6) is 4.01. The first-order valence-electron chi connectivity index (χ1n) is 5.86. The van der Waals surface area contributed by atoms with Crippen molar-refractivity contribution >= 4 is 0 Å². The monoisotopic (exact) mass is 179 g/mol. The molecular formula is C12H21N. The normalized spacial score (nSPS) is 57.0. The third-order valence-corrected chi connectivity index (χ3v) is 5.25. The summed E-state index contributed by atoms with van der Waals surface area (Å²) in [6, 6.07) is 0.511. The van der Waals surface area contributed by atoms with E-state index >= 15 is 0 Å². The molecule has 3 aliphatic carbocycles. The van der Waals surface area contributed by atoms with E-state index in [0.29, 0.717) is 11.5 Å². The first-order chi connectivity index (χ1) is 6.10. The molecule has 3 saturated carbocycles. The SMILES string of the molecule is CC1(C)C(N)C1C1CC2CCC1C2. The summed E-state index contributed by atoms with van der Waals surface area (Å²) in [4.78, 5) is 0. The van der Waals surface area contributed by atoms with E-state index in [4.69, 9.17) is 5.73 Å². The van der Waals surface area contributed by atoms with Crippen molar-refractivity contribution in [2.24, 2.45) is 34.8 Å². The van der Waals surface area contributed by atoms with Gasteiger partial charge in [-0.2, -0.15) is 0 Å². The number of hydrogen-bond acceptors (Lipinski definition) is 1. The molecule has 0 aliphatic heterocycles. The van der Waals surface area contributed by atoms with Crippen molar-refractivity contribution in [3.8, 4) is 0 Å². The van der Waals surface area contributed by atoms with Gasteiger partial charge in [0.05, 0.1) is 0 Å². The van der Waals surface area contributed by atoms with Gasteiger partial charge in [-0.05, 0) is 48.3 Å². The highest BCUT2D eigenvalue weighted by Gasteiger charge is 2.62. The Morgan fingerprint density at radius 2 is 1.85 bits per heavy atom.